The molecule has 1 amide bonds. The SMILES string of the molecule is O=C(NCCc1ccccc1)c1cc2n(n1)C[C@@H](c1ccc3c(c1)OCO3)OC2. The Morgan fingerprint density at radius 2 is 1.97 bits per heavy atom. The summed E-state index contributed by atoms with van der Waals surface area (Å²) in [7, 11) is 0. The maximum absolute atomic E-state index is 12.5. The topological polar surface area (TPSA) is 74.6 Å². The summed E-state index contributed by atoms with van der Waals surface area (Å²) in [6.45, 7) is 1.77. The number of hydrogen-bond acceptors (Lipinski definition) is 5. The molecule has 2 aromatic carbocycles. The molecular weight excluding hydrogens is 370 g/mol. The monoisotopic (exact) mass is 391 g/mol. The van der Waals surface area contributed by atoms with E-state index in [0.717, 1.165) is 29.2 Å². The third-order valence-corrected chi connectivity index (χ3v) is 5.18. The number of nitrogens with zero attached hydrogens (tertiary/aromatic N) is 2. The zero-order valence-corrected chi connectivity index (χ0v) is 15.8. The molecule has 1 aromatic heterocycles. The Morgan fingerprint density at radius 1 is 1.10 bits per heavy atom. The highest BCUT2D eigenvalue weighted by Crippen LogP contribution is 2.36. The van der Waals surface area contributed by atoms with Crippen LogP contribution in [0.2, 0.25) is 0 Å². The van der Waals surface area contributed by atoms with Crippen molar-refractivity contribution in [2.45, 2.75) is 25.7 Å². The van der Waals surface area contributed by atoms with E-state index in [4.69, 9.17) is 14.2 Å². The molecule has 1 N–H and O–H groups in total. The number of nitrogens with one attached hydrogen (secondary N) is 1. The van der Waals surface area contributed by atoms with Crippen molar-refractivity contribution >= 4 is 5.91 Å². The van der Waals surface area contributed by atoms with Gasteiger partial charge in [0.25, 0.3) is 5.91 Å². The van der Waals surface area contributed by atoms with Crippen LogP contribution in [-0.2, 0) is 24.3 Å². The molecule has 3 heterocycles. The van der Waals surface area contributed by atoms with Crippen LogP contribution in [0.5, 0.6) is 11.5 Å². The maximum atomic E-state index is 12.5. The van der Waals surface area contributed by atoms with Crippen molar-refractivity contribution in [3.8, 4) is 11.5 Å². The molecule has 0 aliphatic carbocycles. The van der Waals surface area contributed by atoms with Crippen LogP contribution >= 0.6 is 0 Å². The van der Waals surface area contributed by atoms with Crippen molar-refractivity contribution < 1.29 is 19.0 Å². The Bertz CT molecular complexity index is 1030. The van der Waals surface area contributed by atoms with Crippen molar-refractivity contribution in [1.82, 2.24) is 15.1 Å². The minimum atomic E-state index is -0.164. The number of benzene rings is 2. The molecule has 29 heavy (non-hydrogen) atoms. The van der Waals surface area contributed by atoms with Gasteiger partial charge in [0.05, 0.1) is 18.8 Å². The molecule has 0 spiro atoms. The van der Waals surface area contributed by atoms with Gasteiger partial charge in [-0.25, -0.2) is 0 Å². The second-order valence-corrected chi connectivity index (χ2v) is 7.11. The second-order valence-electron chi connectivity index (χ2n) is 7.11. The van der Waals surface area contributed by atoms with Crippen molar-refractivity contribution in [2.75, 3.05) is 13.3 Å². The lowest BCUT2D eigenvalue weighted by Crippen LogP contribution is -2.26. The number of aromatic nitrogens is 2. The molecule has 0 bridgehead atoms. The van der Waals surface area contributed by atoms with Crippen LogP contribution in [0.15, 0.2) is 54.6 Å². The van der Waals surface area contributed by atoms with E-state index >= 15 is 0 Å². The number of hydrogen-bond donors (Lipinski definition) is 1. The Morgan fingerprint density at radius 3 is 2.86 bits per heavy atom. The maximum Gasteiger partial charge on any atom is 0.271 e. The van der Waals surface area contributed by atoms with Crippen molar-refractivity contribution in [3.63, 3.8) is 0 Å². The Labute approximate surface area is 168 Å². The molecular formula is C22H21N3O4. The third kappa shape index (κ3) is 3.69. The van der Waals surface area contributed by atoms with Crippen LogP contribution in [0.25, 0.3) is 0 Å². The summed E-state index contributed by atoms with van der Waals surface area (Å²) in [5, 5.41) is 7.43. The van der Waals surface area contributed by atoms with Gasteiger partial charge in [-0.05, 0) is 35.7 Å². The summed E-state index contributed by atoms with van der Waals surface area (Å²) in [6.07, 6.45) is 0.640. The van der Waals surface area contributed by atoms with Gasteiger partial charge in [0.1, 0.15) is 6.10 Å². The molecule has 0 fully saturated rings. The van der Waals surface area contributed by atoms with Gasteiger partial charge in [0.15, 0.2) is 17.2 Å². The fourth-order valence-electron chi connectivity index (χ4n) is 3.61. The summed E-state index contributed by atoms with van der Waals surface area (Å²) < 4.78 is 18.7. The predicted molar refractivity (Wildman–Crippen MR) is 105 cm³/mol. The third-order valence-electron chi connectivity index (χ3n) is 5.18. The van der Waals surface area contributed by atoms with Crippen LogP contribution in [0, 0.1) is 0 Å². The highest BCUT2D eigenvalue weighted by Gasteiger charge is 2.25. The predicted octanol–water partition coefficient (Wildman–Crippen LogP) is 2.86. The summed E-state index contributed by atoms with van der Waals surface area (Å²) in [5.74, 6) is 1.32. The average molecular weight is 391 g/mol. The number of rotatable bonds is 5. The van der Waals surface area contributed by atoms with E-state index in [0.29, 0.717) is 25.4 Å². The lowest BCUT2D eigenvalue weighted by molar-refractivity contribution is -0.00128. The van der Waals surface area contributed by atoms with E-state index < -0.39 is 0 Å². The number of fused-ring (bicyclic) bond motifs is 2. The first kappa shape index (κ1) is 17.8. The first-order valence-electron chi connectivity index (χ1n) is 9.66. The Kier molecular flexibility index (Phi) is 4.65. The molecule has 148 valence electrons. The standard InChI is InChI=1S/C22H21N3O4/c26-22(23-9-8-15-4-2-1-3-5-15)18-11-17-13-27-21(12-25(17)24-18)16-6-7-19-20(10-16)29-14-28-19/h1-7,10-11,21H,8-9,12-14H2,(H,23,26)/t21-/m0/s1. The zero-order valence-electron chi connectivity index (χ0n) is 15.8. The lowest BCUT2D eigenvalue weighted by Gasteiger charge is -2.24. The molecule has 3 aromatic rings. The van der Waals surface area contributed by atoms with E-state index in [-0.39, 0.29) is 18.8 Å². The van der Waals surface area contributed by atoms with E-state index in [1.165, 1.54) is 5.56 Å². The van der Waals surface area contributed by atoms with E-state index in [2.05, 4.69) is 22.5 Å². The zero-order chi connectivity index (χ0) is 19.6. The Balaban J connectivity index is 1.23. The van der Waals surface area contributed by atoms with Gasteiger partial charge in [0, 0.05) is 6.54 Å². The minimum Gasteiger partial charge on any atom is -0.454 e. The normalized spacial score (nSPS) is 17.0. The number of amides is 1. The number of ether oxygens (including phenoxy) is 3. The van der Waals surface area contributed by atoms with Crippen molar-refractivity contribution in [3.05, 3.63) is 77.1 Å². The van der Waals surface area contributed by atoms with Gasteiger partial charge in [-0.2, -0.15) is 5.10 Å². The fourth-order valence-corrected chi connectivity index (χ4v) is 3.61. The molecule has 0 saturated heterocycles. The quantitative estimate of drug-likeness (QED) is 0.724. The minimum absolute atomic E-state index is 0.147. The molecule has 2 aliphatic rings. The number of carbonyl (C=O) groups is 1. The Hall–Kier alpha value is -3.32. The van der Waals surface area contributed by atoms with Gasteiger partial charge >= 0.3 is 0 Å². The summed E-state index contributed by atoms with van der Waals surface area (Å²) in [5.41, 5.74) is 3.51. The fraction of sp³-hybridized carbons (Fsp3) is 0.273. The largest absolute Gasteiger partial charge is 0.454 e. The first-order chi connectivity index (χ1) is 14.3. The van der Waals surface area contributed by atoms with Crippen LogP contribution in [0.4, 0.5) is 0 Å². The summed E-state index contributed by atoms with van der Waals surface area (Å²) >= 11 is 0. The second kappa shape index (κ2) is 7.60. The van der Waals surface area contributed by atoms with Crippen LogP contribution < -0.4 is 14.8 Å². The molecule has 0 saturated carbocycles. The number of carbonyl (C=O) groups excluding carboxylic acids is 1. The summed E-state index contributed by atoms with van der Waals surface area (Å²) in [6, 6.07) is 17.7. The van der Waals surface area contributed by atoms with Crippen LogP contribution in [-0.4, -0.2) is 29.0 Å². The van der Waals surface area contributed by atoms with Crippen molar-refractivity contribution in [2.24, 2.45) is 0 Å². The molecule has 0 unspecified atom stereocenters. The molecule has 2 aliphatic heterocycles. The first-order valence-corrected chi connectivity index (χ1v) is 9.66. The van der Waals surface area contributed by atoms with Gasteiger partial charge in [0.2, 0.25) is 6.79 Å². The molecule has 1 atom stereocenters. The smallest absolute Gasteiger partial charge is 0.271 e. The van der Waals surface area contributed by atoms with Crippen LogP contribution in [0.3, 0.4) is 0 Å². The van der Waals surface area contributed by atoms with Gasteiger partial charge in [-0.3, -0.25) is 9.48 Å². The summed E-state index contributed by atoms with van der Waals surface area (Å²) in [4.78, 5) is 12.5. The molecule has 0 radical (unpaired) electrons. The van der Waals surface area contributed by atoms with Crippen LogP contribution in [0.1, 0.15) is 33.4 Å². The van der Waals surface area contributed by atoms with Gasteiger partial charge in [-0.15, -0.1) is 0 Å². The van der Waals surface area contributed by atoms with Crippen molar-refractivity contribution in [1.29, 1.82) is 0 Å². The van der Waals surface area contributed by atoms with E-state index in [1.807, 2.05) is 41.1 Å². The van der Waals surface area contributed by atoms with E-state index in [9.17, 15) is 4.79 Å². The van der Waals surface area contributed by atoms with Gasteiger partial charge in [-0.1, -0.05) is 36.4 Å². The van der Waals surface area contributed by atoms with Gasteiger partial charge < -0.3 is 19.5 Å². The average Bonchev–Trinajstić information content (AvgIpc) is 3.40. The van der Waals surface area contributed by atoms with E-state index in [1.54, 1.807) is 6.07 Å². The molecule has 5 rings (SSSR count). The highest BCUT2D eigenvalue weighted by molar-refractivity contribution is 5.92. The molecule has 7 nitrogen and oxygen atoms in total. The molecule has 7 heteroatoms. The lowest BCUT2D eigenvalue weighted by atomic mass is 10.1. The highest BCUT2D eigenvalue weighted by atomic mass is 16.7.